The van der Waals surface area contributed by atoms with E-state index in [1.165, 1.54) is 9.80 Å². The average Bonchev–Trinajstić information content (AvgIpc) is 2.73. The molecule has 0 aromatic heterocycles. The molecular formula is C14H25ClN4O3. The fraction of sp³-hybridized carbons (Fsp3) is 0.786. The van der Waals surface area contributed by atoms with E-state index in [1.807, 2.05) is 4.90 Å². The standard InChI is InChI=1S/C14H24N4O3.ClH/c1-16-10-13(20)18(14(16)21)8-4-6-12(19)17-7-3-2-5-11(17)9-15;/h11H,2-10,15H2,1H3;1H. The molecule has 0 aromatic rings. The van der Waals surface area contributed by atoms with Gasteiger partial charge in [0.25, 0.3) is 0 Å². The minimum Gasteiger partial charge on any atom is -0.338 e. The van der Waals surface area contributed by atoms with Gasteiger partial charge in [-0.2, -0.15) is 0 Å². The number of likely N-dealkylation sites (N-methyl/N-ethyl adjacent to an activating group) is 1. The number of carbonyl (C=O) groups excluding carboxylic acids is 3. The highest BCUT2D eigenvalue weighted by Gasteiger charge is 2.33. The Morgan fingerprint density at radius 1 is 1.32 bits per heavy atom. The summed E-state index contributed by atoms with van der Waals surface area (Å²) in [6, 6.07) is -0.127. The van der Waals surface area contributed by atoms with Crippen molar-refractivity contribution in [2.75, 3.05) is 33.2 Å². The summed E-state index contributed by atoms with van der Waals surface area (Å²) < 4.78 is 0. The van der Waals surface area contributed by atoms with E-state index >= 15 is 0 Å². The summed E-state index contributed by atoms with van der Waals surface area (Å²) in [5.74, 6) is -0.106. The van der Waals surface area contributed by atoms with E-state index in [2.05, 4.69) is 0 Å². The van der Waals surface area contributed by atoms with Crippen LogP contribution in [0.25, 0.3) is 0 Å². The van der Waals surface area contributed by atoms with Crippen LogP contribution < -0.4 is 5.73 Å². The van der Waals surface area contributed by atoms with Gasteiger partial charge in [-0.05, 0) is 25.7 Å². The van der Waals surface area contributed by atoms with E-state index in [-0.39, 0.29) is 42.8 Å². The van der Waals surface area contributed by atoms with Crippen molar-refractivity contribution < 1.29 is 14.4 Å². The lowest BCUT2D eigenvalue weighted by molar-refractivity contribution is -0.135. The fourth-order valence-electron chi connectivity index (χ4n) is 2.99. The Labute approximate surface area is 137 Å². The molecule has 2 aliphatic heterocycles. The molecule has 7 nitrogen and oxygen atoms in total. The smallest absolute Gasteiger partial charge is 0.326 e. The number of urea groups is 1. The van der Waals surface area contributed by atoms with E-state index < -0.39 is 0 Å². The maximum atomic E-state index is 12.2. The van der Waals surface area contributed by atoms with Crippen LogP contribution in [0.5, 0.6) is 0 Å². The first-order valence-corrected chi connectivity index (χ1v) is 7.59. The molecule has 2 rings (SSSR count). The molecule has 0 radical (unpaired) electrons. The number of halogens is 1. The minimum absolute atomic E-state index is 0. The average molecular weight is 333 g/mol. The summed E-state index contributed by atoms with van der Waals surface area (Å²) in [5, 5.41) is 0. The second kappa shape index (κ2) is 8.33. The van der Waals surface area contributed by atoms with Crippen LogP contribution in [0.3, 0.4) is 0 Å². The van der Waals surface area contributed by atoms with Gasteiger partial charge in [0.1, 0.15) is 6.54 Å². The lowest BCUT2D eigenvalue weighted by Gasteiger charge is -2.35. The van der Waals surface area contributed by atoms with Gasteiger partial charge in [0.15, 0.2) is 0 Å². The number of hydrogen-bond donors (Lipinski definition) is 1. The number of piperidine rings is 1. The molecule has 2 N–H and O–H groups in total. The summed E-state index contributed by atoms with van der Waals surface area (Å²) in [5.41, 5.74) is 5.71. The van der Waals surface area contributed by atoms with E-state index in [1.54, 1.807) is 7.05 Å². The zero-order valence-electron chi connectivity index (χ0n) is 13.0. The summed E-state index contributed by atoms with van der Waals surface area (Å²) >= 11 is 0. The summed E-state index contributed by atoms with van der Waals surface area (Å²) in [7, 11) is 1.60. The third kappa shape index (κ3) is 4.10. The molecule has 8 heteroatoms. The number of likely N-dealkylation sites (tertiary alicyclic amines) is 1. The molecule has 126 valence electrons. The number of nitrogens with two attached hydrogens (primary N) is 1. The molecule has 0 saturated carbocycles. The molecule has 2 aliphatic rings. The van der Waals surface area contributed by atoms with Crippen LogP contribution in [0.2, 0.25) is 0 Å². The Balaban J connectivity index is 0.00000242. The van der Waals surface area contributed by atoms with Gasteiger partial charge >= 0.3 is 6.03 Å². The molecule has 0 spiro atoms. The Morgan fingerprint density at radius 3 is 2.64 bits per heavy atom. The lowest BCUT2D eigenvalue weighted by Crippen LogP contribution is -2.47. The third-order valence-electron chi connectivity index (χ3n) is 4.22. The molecular weight excluding hydrogens is 308 g/mol. The number of nitrogens with zero attached hydrogens (tertiary/aromatic N) is 3. The van der Waals surface area contributed by atoms with Gasteiger partial charge in [0.2, 0.25) is 11.8 Å². The largest absolute Gasteiger partial charge is 0.338 e. The van der Waals surface area contributed by atoms with Crippen LogP contribution in [0.1, 0.15) is 32.1 Å². The second-order valence-electron chi connectivity index (χ2n) is 5.76. The highest BCUT2D eigenvalue weighted by molar-refractivity contribution is 6.01. The van der Waals surface area contributed by atoms with Gasteiger partial charge in [-0.3, -0.25) is 14.5 Å². The molecule has 2 saturated heterocycles. The predicted octanol–water partition coefficient (Wildman–Crippen LogP) is 0.422. The summed E-state index contributed by atoms with van der Waals surface area (Å²) in [6.07, 6.45) is 3.98. The third-order valence-corrected chi connectivity index (χ3v) is 4.22. The molecule has 2 fully saturated rings. The Kier molecular flexibility index (Phi) is 7.09. The van der Waals surface area contributed by atoms with Crippen molar-refractivity contribution in [1.82, 2.24) is 14.7 Å². The van der Waals surface area contributed by atoms with Crippen molar-refractivity contribution >= 4 is 30.3 Å². The normalized spacial score (nSPS) is 22.1. The number of carbonyl (C=O) groups is 3. The highest BCUT2D eigenvalue weighted by atomic mass is 35.5. The number of imide groups is 1. The number of hydrogen-bond acceptors (Lipinski definition) is 4. The Morgan fingerprint density at radius 2 is 2.05 bits per heavy atom. The minimum atomic E-state index is -0.273. The quantitative estimate of drug-likeness (QED) is 0.739. The van der Waals surface area contributed by atoms with Crippen molar-refractivity contribution in [1.29, 1.82) is 0 Å². The number of amides is 4. The first kappa shape index (κ1) is 18.7. The lowest BCUT2D eigenvalue weighted by atomic mass is 10.0. The zero-order chi connectivity index (χ0) is 15.4. The van der Waals surface area contributed by atoms with Gasteiger partial charge in [-0.15, -0.1) is 12.4 Å². The molecule has 1 unspecified atom stereocenters. The van der Waals surface area contributed by atoms with E-state index in [0.29, 0.717) is 25.9 Å². The molecule has 22 heavy (non-hydrogen) atoms. The van der Waals surface area contributed by atoms with Crippen molar-refractivity contribution in [3.05, 3.63) is 0 Å². The highest BCUT2D eigenvalue weighted by Crippen LogP contribution is 2.18. The van der Waals surface area contributed by atoms with Gasteiger partial charge in [0, 0.05) is 39.1 Å². The fourth-order valence-corrected chi connectivity index (χ4v) is 2.99. The SMILES string of the molecule is CN1CC(=O)N(CCCC(=O)N2CCCCC2CN)C1=O.Cl. The molecule has 0 aliphatic carbocycles. The predicted molar refractivity (Wildman–Crippen MR) is 84.6 cm³/mol. The molecule has 4 amide bonds. The maximum absolute atomic E-state index is 12.2. The Hall–Kier alpha value is -1.34. The topological polar surface area (TPSA) is 87.0 Å². The summed E-state index contributed by atoms with van der Waals surface area (Å²) in [4.78, 5) is 40.1. The van der Waals surface area contributed by atoms with Gasteiger partial charge in [-0.25, -0.2) is 4.79 Å². The van der Waals surface area contributed by atoms with Crippen LogP contribution in [0.15, 0.2) is 0 Å². The van der Waals surface area contributed by atoms with Gasteiger partial charge in [-0.1, -0.05) is 0 Å². The van der Waals surface area contributed by atoms with Crippen LogP contribution in [0, 0.1) is 0 Å². The monoisotopic (exact) mass is 332 g/mol. The van der Waals surface area contributed by atoms with Crippen LogP contribution in [-0.4, -0.2) is 71.8 Å². The van der Waals surface area contributed by atoms with Crippen LogP contribution >= 0.6 is 12.4 Å². The zero-order valence-corrected chi connectivity index (χ0v) is 13.8. The molecule has 1 atom stereocenters. The van der Waals surface area contributed by atoms with E-state index in [0.717, 1.165) is 25.8 Å². The van der Waals surface area contributed by atoms with Crippen molar-refractivity contribution in [2.45, 2.75) is 38.1 Å². The van der Waals surface area contributed by atoms with Gasteiger partial charge in [0.05, 0.1) is 0 Å². The number of rotatable bonds is 5. The molecule has 0 bridgehead atoms. The second-order valence-corrected chi connectivity index (χ2v) is 5.76. The molecule has 2 heterocycles. The molecule has 0 aromatic carbocycles. The van der Waals surface area contributed by atoms with Crippen molar-refractivity contribution in [3.63, 3.8) is 0 Å². The Bertz CT molecular complexity index is 432. The van der Waals surface area contributed by atoms with Gasteiger partial charge < -0.3 is 15.5 Å². The first-order valence-electron chi connectivity index (χ1n) is 7.59. The van der Waals surface area contributed by atoms with E-state index in [9.17, 15) is 14.4 Å². The van der Waals surface area contributed by atoms with Crippen LogP contribution in [0.4, 0.5) is 4.79 Å². The van der Waals surface area contributed by atoms with E-state index in [4.69, 9.17) is 5.73 Å². The first-order chi connectivity index (χ1) is 10.0. The van der Waals surface area contributed by atoms with Crippen molar-refractivity contribution in [2.24, 2.45) is 5.73 Å². The summed E-state index contributed by atoms with van der Waals surface area (Å²) in [6.45, 7) is 1.72. The maximum Gasteiger partial charge on any atom is 0.326 e. The van der Waals surface area contributed by atoms with Crippen molar-refractivity contribution in [3.8, 4) is 0 Å². The van der Waals surface area contributed by atoms with Crippen LogP contribution in [-0.2, 0) is 9.59 Å².